The van der Waals surface area contributed by atoms with E-state index in [2.05, 4.69) is 0 Å². The predicted molar refractivity (Wildman–Crippen MR) is 109 cm³/mol. The quantitative estimate of drug-likeness (QED) is 0.465. The summed E-state index contributed by atoms with van der Waals surface area (Å²) in [6.07, 6.45) is -1.33. The molecule has 1 aliphatic carbocycles. The fraction of sp³-hybridized carbons (Fsp3) is 0.208. The SMILES string of the molecule is CCc1cc(CN)c(C(=O)O)c2c1-c1c(cccc1-c1cccc(C(F)F)c1)C2. The number of halogens is 2. The van der Waals surface area contributed by atoms with Crippen LogP contribution in [0.1, 0.15) is 51.5 Å². The summed E-state index contributed by atoms with van der Waals surface area (Å²) in [6.45, 7) is 2.18. The molecule has 0 heterocycles. The summed E-state index contributed by atoms with van der Waals surface area (Å²) in [5, 5.41) is 9.85. The van der Waals surface area contributed by atoms with Crippen LogP contribution in [0.15, 0.2) is 48.5 Å². The van der Waals surface area contributed by atoms with Crippen LogP contribution in [0.5, 0.6) is 0 Å². The molecule has 0 spiro atoms. The number of aromatic carboxylic acids is 1. The van der Waals surface area contributed by atoms with E-state index >= 15 is 0 Å². The van der Waals surface area contributed by atoms with Gasteiger partial charge in [-0.25, -0.2) is 13.6 Å². The molecule has 0 aromatic heterocycles. The molecular weight excluding hydrogens is 372 g/mol. The largest absolute Gasteiger partial charge is 0.478 e. The fourth-order valence-corrected chi connectivity index (χ4v) is 4.38. The van der Waals surface area contributed by atoms with Gasteiger partial charge in [-0.1, -0.05) is 49.4 Å². The number of alkyl halides is 2. The molecule has 1 aliphatic rings. The average molecular weight is 393 g/mol. The first-order valence-corrected chi connectivity index (χ1v) is 9.58. The van der Waals surface area contributed by atoms with E-state index in [1.54, 1.807) is 6.07 Å². The summed E-state index contributed by atoms with van der Waals surface area (Å²) in [7, 11) is 0. The van der Waals surface area contributed by atoms with Crippen LogP contribution < -0.4 is 5.73 Å². The van der Waals surface area contributed by atoms with Crippen LogP contribution in [-0.2, 0) is 19.4 Å². The summed E-state index contributed by atoms with van der Waals surface area (Å²) in [4.78, 5) is 12.0. The Morgan fingerprint density at radius 1 is 1.10 bits per heavy atom. The Labute approximate surface area is 167 Å². The molecule has 3 aromatic rings. The van der Waals surface area contributed by atoms with E-state index in [1.807, 2.05) is 37.3 Å². The van der Waals surface area contributed by atoms with E-state index in [4.69, 9.17) is 5.73 Å². The number of carboxylic acid groups (broad SMARTS) is 1. The minimum Gasteiger partial charge on any atom is -0.478 e. The van der Waals surface area contributed by atoms with Crippen molar-refractivity contribution < 1.29 is 18.7 Å². The molecule has 0 saturated heterocycles. The Hall–Kier alpha value is -3.05. The molecule has 5 heteroatoms. The highest BCUT2D eigenvalue weighted by Crippen LogP contribution is 2.47. The number of carbonyl (C=O) groups is 1. The topological polar surface area (TPSA) is 63.3 Å². The summed E-state index contributed by atoms with van der Waals surface area (Å²) < 4.78 is 26.5. The lowest BCUT2D eigenvalue weighted by Gasteiger charge is -2.17. The van der Waals surface area contributed by atoms with Gasteiger partial charge in [-0.05, 0) is 63.4 Å². The lowest BCUT2D eigenvalue weighted by molar-refractivity contribution is 0.0694. The van der Waals surface area contributed by atoms with Crippen molar-refractivity contribution in [3.8, 4) is 22.3 Å². The Bertz CT molecular complexity index is 1120. The second kappa shape index (κ2) is 7.41. The standard InChI is InChI=1S/C24H21F2NO2/c1-2-13-9-17(12-27)22(24(28)29)19-11-15-6-4-8-18(21(15)20(13)19)14-5-3-7-16(10-14)23(25)26/h3-10,23H,2,11-12,27H2,1H3,(H,28,29). The molecule has 3 N–H and O–H groups in total. The third-order valence-electron chi connectivity index (χ3n) is 5.63. The molecule has 0 aliphatic heterocycles. The number of aryl methyl sites for hydroxylation is 1. The maximum atomic E-state index is 13.2. The van der Waals surface area contributed by atoms with E-state index in [9.17, 15) is 18.7 Å². The van der Waals surface area contributed by atoms with Crippen LogP contribution in [-0.4, -0.2) is 11.1 Å². The van der Waals surface area contributed by atoms with Gasteiger partial charge in [-0.3, -0.25) is 0 Å². The van der Waals surface area contributed by atoms with Gasteiger partial charge in [0.2, 0.25) is 0 Å². The molecule has 0 amide bonds. The third kappa shape index (κ3) is 3.12. The fourth-order valence-electron chi connectivity index (χ4n) is 4.38. The maximum absolute atomic E-state index is 13.2. The molecule has 29 heavy (non-hydrogen) atoms. The average Bonchev–Trinajstić information content (AvgIpc) is 3.11. The van der Waals surface area contributed by atoms with Crippen molar-refractivity contribution in [3.05, 3.63) is 81.9 Å². The maximum Gasteiger partial charge on any atom is 0.336 e. The van der Waals surface area contributed by atoms with Crippen molar-refractivity contribution in [1.82, 2.24) is 0 Å². The first-order valence-electron chi connectivity index (χ1n) is 9.58. The van der Waals surface area contributed by atoms with E-state index in [0.717, 1.165) is 39.8 Å². The molecule has 0 saturated carbocycles. The number of rotatable bonds is 5. The predicted octanol–water partition coefficient (Wildman–Crippen LogP) is 5.58. The summed E-state index contributed by atoms with van der Waals surface area (Å²) in [6, 6.07) is 14.0. The second-order valence-corrected chi connectivity index (χ2v) is 7.23. The van der Waals surface area contributed by atoms with E-state index < -0.39 is 12.4 Å². The minimum atomic E-state index is -2.55. The van der Waals surface area contributed by atoms with Crippen molar-refractivity contribution in [2.24, 2.45) is 5.73 Å². The zero-order valence-electron chi connectivity index (χ0n) is 16.0. The van der Waals surface area contributed by atoms with Gasteiger partial charge in [0.15, 0.2) is 0 Å². The van der Waals surface area contributed by atoms with Gasteiger partial charge in [0.1, 0.15) is 0 Å². The number of carboxylic acids is 1. The van der Waals surface area contributed by atoms with Gasteiger partial charge >= 0.3 is 5.97 Å². The first-order chi connectivity index (χ1) is 14.0. The van der Waals surface area contributed by atoms with Crippen LogP contribution in [0.4, 0.5) is 8.78 Å². The normalized spacial score (nSPS) is 12.2. The van der Waals surface area contributed by atoms with Gasteiger partial charge in [-0.15, -0.1) is 0 Å². The van der Waals surface area contributed by atoms with Crippen molar-refractivity contribution >= 4 is 5.97 Å². The molecule has 0 atom stereocenters. The second-order valence-electron chi connectivity index (χ2n) is 7.23. The van der Waals surface area contributed by atoms with E-state index in [1.165, 1.54) is 12.1 Å². The molecule has 148 valence electrons. The highest BCUT2D eigenvalue weighted by atomic mass is 19.3. The van der Waals surface area contributed by atoms with Crippen LogP contribution in [0, 0.1) is 0 Å². The number of hydrogen-bond donors (Lipinski definition) is 2. The van der Waals surface area contributed by atoms with Crippen LogP contribution in [0.25, 0.3) is 22.3 Å². The number of hydrogen-bond acceptors (Lipinski definition) is 2. The Balaban J connectivity index is 2.02. The monoisotopic (exact) mass is 393 g/mol. The molecule has 0 radical (unpaired) electrons. The van der Waals surface area contributed by atoms with Crippen LogP contribution >= 0.6 is 0 Å². The Morgan fingerprint density at radius 3 is 2.52 bits per heavy atom. The third-order valence-corrected chi connectivity index (χ3v) is 5.63. The van der Waals surface area contributed by atoms with Gasteiger partial charge in [0.05, 0.1) is 5.56 Å². The summed E-state index contributed by atoms with van der Waals surface area (Å²) in [5.74, 6) is -0.988. The molecule has 4 rings (SSSR count). The van der Waals surface area contributed by atoms with Crippen molar-refractivity contribution in [2.75, 3.05) is 0 Å². The molecule has 3 nitrogen and oxygen atoms in total. The molecule has 0 bridgehead atoms. The van der Waals surface area contributed by atoms with Gasteiger partial charge in [0.25, 0.3) is 6.43 Å². The first kappa shape index (κ1) is 19.3. The lowest BCUT2D eigenvalue weighted by Crippen LogP contribution is -2.12. The summed E-state index contributed by atoms with van der Waals surface area (Å²) in [5.41, 5.74) is 12.9. The number of fused-ring (bicyclic) bond motifs is 3. The zero-order valence-corrected chi connectivity index (χ0v) is 16.0. The minimum absolute atomic E-state index is 0.0289. The van der Waals surface area contributed by atoms with Gasteiger partial charge < -0.3 is 10.8 Å². The lowest BCUT2D eigenvalue weighted by atomic mass is 9.87. The van der Waals surface area contributed by atoms with E-state index in [0.29, 0.717) is 17.5 Å². The highest BCUT2D eigenvalue weighted by molar-refractivity contribution is 6.00. The Kier molecular flexibility index (Phi) is 4.92. The summed E-state index contributed by atoms with van der Waals surface area (Å²) >= 11 is 0. The smallest absolute Gasteiger partial charge is 0.336 e. The van der Waals surface area contributed by atoms with Gasteiger partial charge in [-0.2, -0.15) is 0 Å². The molecule has 0 unspecified atom stereocenters. The molecular formula is C24H21F2NO2. The Morgan fingerprint density at radius 2 is 1.86 bits per heavy atom. The number of nitrogens with two attached hydrogens (primary N) is 1. The van der Waals surface area contributed by atoms with Crippen molar-refractivity contribution in [3.63, 3.8) is 0 Å². The highest BCUT2D eigenvalue weighted by Gasteiger charge is 2.30. The van der Waals surface area contributed by atoms with Crippen LogP contribution in [0.3, 0.4) is 0 Å². The van der Waals surface area contributed by atoms with E-state index in [-0.39, 0.29) is 17.7 Å². The number of benzene rings is 3. The van der Waals surface area contributed by atoms with Crippen molar-refractivity contribution in [1.29, 1.82) is 0 Å². The zero-order chi connectivity index (χ0) is 20.7. The van der Waals surface area contributed by atoms with Crippen molar-refractivity contribution in [2.45, 2.75) is 32.7 Å². The van der Waals surface area contributed by atoms with Crippen LogP contribution in [0.2, 0.25) is 0 Å². The molecule has 3 aromatic carbocycles. The van der Waals surface area contributed by atoms with Gasteiger partial charge in [0, 0.05) is 12.1 Å². The molecule has 0 fully saturated rings.